The third-order valence-corrected chi connectivity index (χ3v) is 2.36. The summed E-state index contributed by atoms with van der Waals surface area (Å²) in [6.07, 6.45) is 0. The molecular formula is C10H16N4O3. The van der Waals surface area contributed by atoms with E-state index in [4.69, 9.17) is 0 Å². The van der Waals surface area contributed by atoms with Gasteiger partial charge in [-0.2, -0.15) is 0 Å². The Morgan fingerprint density at radius 2 is 1.82 bits per heavy atom. The van der Waals surface area contributed by atoms with E-state index in [1.165, 1.54) is 24.7 Å². The van der Waals surface area contributed by atoms with Crippen molar-refractivity contribution in [3.63, 3.8) is 0 Å². The van der Waals surface area contributed by atoms with Gasteiger partial charge in [0.05, 0.1) is 0 Å². The second-order valence-corrected chi connectivity index (χ2v) is 4.04. The number of nitrogens with one attached hydrogen (secondary N) is 2. The molecule has 1 aromatic heterocycles. The Kier molecular flexibility index (Phi) is 3.72. The zero-order valence-corrected chi connectivity index (χ0v) is 10.3. The van der Waals surface area contributed by atoms with Crippen molar-refractivity contribution in [2.24, 2.45) is 20.0 Å². The van der Waals surface area contributed by atoms with Crippen molar-refractivity contribution in [3.05, 3.63) is 26.9 Å². The molecule has 0 aromatic carbocycles. The van der Waals surface area contributed by atoms with Gasteiger partial charge in [-0.3, -0.25) is 29.6 Å². The van der Waals surface area contributed by atoms with Gasteiger partial charge in [-0.1, -0.05) is 13.8 Å². The first kappa shape index (κ1) is 13.0. The lowest BCUT2D eigenvalue weighted by atomic mass is 10.2. The van der Waals surface area contributed by atoms with E-state index in [9.17, 15) is 14.4 Å². The number of rotatable bonds is 3. The normalized spacial score (nSPS) is 10.4. The molecule has 0 aliphatic heterocycles. The fourth-order valence-electron chi connectivity index (χ4n) is 1.12. The lowest BCUT2D eigenvalue weighted by Crippen LogP contribution is -2.40. The highest BCUT2D eigenvalue weighted by Gasteiger charge is 2.08. The SMILES string of the molecule is CC(C)C(=O)NNc1cc(=O)n(C)c(=O)n1C. The number of carbonyl (C=O) groups excluding carboxylic acids is 1. The van der Waals surface area contributed by atoms with E-state index < -0.39 is 11.2 Å². The van der Waals surface area contributed by atoms with Crippen LogP contribution in [0.5, 0.6) is 0 Å². The second kappa shape index (κ2) is 4.86. The van der Waals surface area contributed by atoms with Gasteiger partial charge in [0.1, 0.15) is 5.82 Å². The van der Waals surface area contributed by atoms with Gasteiger partial charge in [-0.25, -0.2) is 4.79 Å². The molecule has 2 N–H and O–H groups in total. The summed E-state index contributed by atoms with van der Waals surface area (Å²) in [6, 6.07) is 1.24. The highest BCUT2D eigenvalue weighted by atomic mass is 16.2. The standard InChI is InChI=1S/C10H16N4O3/c1-6(2)9(16)12-11-7-5-8(15)14(4)10(17)13(7)3/h5-6,11H,1-4H3,(H,12,16). The van der Waals surface area contributed by atoms with Crippen LogP contribution < -0.4 is 22.1 Å². The molecule has 0 spiro atoms. The van der Waals surface area contributed by atoms with Crippen molar-refractivity contribution in [1.82, 2.24) is 14.6 Å². The molecule has 1 amide bonds. The van der Waals surface area contributed by atoms with E-state index in [2.05, 4.69) is 10.9 Å². The van der Waals surface area contributed by atoms with E-state index in [1.807, 2.05) is 0 Å². The summed E-state index contributed by atoms with van der Waals surface area (Å²) in [5, 5.41) is 0. The molecule has 1 rings (SSSR count). The van der Waals surface area contributed by atoms with Gasteiger partial charge in [0.15, 0.2) is 0 Å². The molecule has 0 fully saturated rings. The summed E-state index contributed by atoms with van der Waals surface area (Å²) < 4.78 is 2.22. The number of hydrogen-bond donors (Lipinski definition) is 2. The van der Waals surface area contributed by atoms with E-state index in [0.29, 0.717) is 0 Å². The highest BCUT2D eigenvalue weighted by molar-refractivity contribution is 5.78. The lowest BCUT2D eigenvalue weighted by Gasteiger charge is -2.13. The second-order valence-electron chi connectivity index (χ2n) is 4.04. The number of hydrazine groups is 1. The minimum absolute atomic E-state index is 0.189. The van der Waals surface area contributed by atoms with Crippen LogP contribution in [0.1, 0.15) is 13.8 Å². The molecule has 7 heteroatoms. The molecule has 0 saturated carbocycles. The highest BCUT2D eigenvalue weighted by Crippen LogP contribution is 1.97. The maximum Gasteiger partial charge on any atom is 0.332 e. The predicted octanol–water partition coefficient (Wildman–Crippen LogP) is -0.817. The van der Waals surface area contributed by atoms with Crippen molar-refractivity contribution in [1.29, 1.82) is 0 Å². The average molecular weight is 240 g/mol. The molecule has 1 heterocycles. The summed E-state index contributed by atoms with van der Waals surface area (Å²) in [6.45, 7) is 3.47. The first-order valence-electron chi connectivity index (χ1n) is 5.17. The zero-order chi connectivity index (χ0) is 13.2. The molecule has 0 unspecified atom stereocenters. The molecule has 0 radical (unpaired) electrons. The van der Waals surface area contributed by atoms with E-state index >= 15 is 0 Å². The van der Waals surface area contributed by atoms with Crippen molar-refractivity contribution < 1.29 is 4.79 Å². The van der Waals surface area contributed by atoms with Crippen molar-refractivity contribution in [3.8, 4) is 0 Å². The van der Waals surface area contributed by atoms with Crippen molar-refractivity contribution in [2.75, 3.05) is 5.43 Å². The van der Waals surface area contributed by atoms with Gasteiger partial charge >= 0.3 is 5.69 Å². The van der Waals surface area contributed by atoms with Crippen LogP contribution in [0.15, 0.2) is 15.7 Å². The summed E-state index contributed by atoms with van der Waals surface area (Å²) >= 11 is 0. The zero-order valence-electron chi connectivity index (χ0n) is 10.3. The molecule has 17 heavy (non-hydrogen) atoms. The summed E-state index contributed by atoms with van der Waals surface area (Å²) in [7, 11) is 2.90. The number of amides is 1. The Bertz CT molecular complexity index is 541. The van der Waals surface area contributed by atoms with Crippen molar-refractivity contribution >= 4 is 11.7 Å². The topological polar surface area (TPSA) is 85.1 Å². The van der Waals surface area contributed by atoms with E-state index in [-0.39, 0.29) is 17.6 Å². The minimum atomic E-state index is -0.459. The summed E-state index contributed by atoms with van der Waals surface area (Å²) in [4.78, 5) is 34.3. The molecule has 0 bridgehead atoms. The number of nitrogens with zero attached hydrogens (tertiary/aromatic N) is 2. The van der Waals surface area contributed by atoms with Crippen LogP contribution >= 0.6 is 0 Å². The van der Waals surface area contributed by atoms with Gasteiger partial charge in [-0.05, 0) is 0 Å². The minimum Gasteiger partial charge on any atom is -0.283 e. The predicted molar refractivity (Wildman–Crippen MR) is 63.5 cm³/mol. The summed E-state index contributed by atoms with van der Waals surface area (Å²) in [5.41, 5.74) is 4.07. The molecule has 7 nitrogen and oxygen atoms in total. The van der Waals surface area contributed by atoms with E-state index in [1.54, 1.807) is 13.8 Å². The van der Waals surface area contributed by atoms with Gasteiger partial charge in [0, 0.05) is 26.1 Å². The maximum atomic E-state index is 11.6. The number of carbonyl (C=O) groups is 1. The van der Waals surface area contributed by atoms with Crippen LogP contribution in [0.25, 0.3) is 0 Å². The number of hydrogen-bond acceptors (Lipinski definition) is 4. The molecular weight excluding hydrogens is 224 g/mol. The smallest absolute Gasteiger partial charge is 0.283 e. The van der Waals surface area contributed by atoms with Crippen LogP contribution in [0.2, 0.25) is 0 Å². The average Bonchev–Trinajstić information content (AvgIpc) is 2.28. The fraction of sp³-hybridized carbons (Fsp3) is 0.500. The Balaban J connectivity index is 2.98. The monoisotopic (exact) mass is 240 g/mol. The molecule has 0 atom stereocenters. The maximum absolute atomic E-state index is 11.6. The Morgan fingerprint density at radius 3 is 2.35 bits per heavy atom. The van der Waals surface area contributed by atoms with Gasteiger partial charge < -0.3 is 0 Å². The summed E-state index contributed by atoms with van der Waals surface area (Å²) in [5.74, 6) is -0.170. The van der Waals surface area contributed by atoms with E-state index in [0.717, 1.165) is 4.57 Å². The number of aromatic nitrogens is 2. The Labute approximate surface area is 98.0 Å². The van der Waals surface area contributed by atoms with Gasteiger partial charge in [0.2, 0.25) is 5.91 Å². The van der Waals surface area contributed by atoms with Crippen LogP contribution in [0.4, 0.5) is 5.82 Å². The lowest BCUT2D eigenvalue weighted by molar-refractivity contribution is -0.123. The van der Waals surface area contributed by atoms with Gasteiger partial charge in [-0.15, -0.1) is 0 Å². The van der Waals surface area contributed by atoms with Crippen LogP contribution in [0.3, 0.4) is 0 Å². The van der Waals surface area contributed by atoms with Crippen LogP contribution in [0, 0.1) is 5.92 Å². The fourth-order valence-corrected chi connectivity index (χ4v) is 1.12. The Hall–Kier alpha value is -2.05. The molecule has 0 aliphatic carbocycles. The third-order valence-electron chi connectivity index (χ3n) is 2.36. The first-order valence-corrected chi connectivity index (χ1v) is 5.17. The quantitative estimate of drug-likeness (QED) is 0.676. The Morgan fingerprint density at radius 1 is 1.24 bits per heavy atom. The van der Waals surface area contributed by atoms with Gasteiger partial charge in [0.25, 0.3) is 5.56 Å². The van der Waals surface area contributed by atoms with Crippen LogP contribution in [-0.4, -0.2) is 15.0 Å². The van der Waals surface area contributed by atoms with Crippen LogP contribution in [-0.2, 0) is 18.9 Å². The third kappa shape index (κ3) is 2.74. The number of anilines is 1. The largest absolute Gasteiger partial charge is 0.332 e. The molecule has 94 valence electrons. The molecule has 1 aromatic rings. The first-order chi connectivity index (χ1) is 7.84. The molecule has 0 saturated heterocycles. The molecule has 0 aliphatic rings. The van der Waals surface area contributed by atoms with Crippen molar-refractivity contribution in [2.45, 2.75) is 13.8 Å².